The molecule has 0 fully saturated rings. The topological polar surface area (TPSA) is 60.5 Å². The number of anilines is 1. The van der Waals surface area contributed by atoms with Crippen LogP contribution in [-0.2, 0) is 0 Å². The lowest BCUT2D eigenvalue weighted by molar-refractivity contribution is 0.102. The number of amides is 1. The van der Waals surface area contributed by atoms with Gasteiger partial charge in [-0.3, -0.25) is 9.78 Å². The summed E-state index contributed by atoms with van der Waals surface area (Å²) in [6.45, 7) is 5.75. The third-order valence-corrected chi connectivity index (χ3v) is 3.42. The first-order chi connectivity index (χ1) is 10.5. The number of ether oxygens (including phenoxy) is 2. The van der Waals surface area contributed by atoms with E-state index in [1.54, 1.807) is 25.3 Å². The second-order valence-corrected chi connectivity index (χ2v) is 5.06. The predicted octanol–water partition coefficient (Wildman–Crippen LogP) is 3.28. The maximum absolute atomic E-state index is 12.6. The summed E-state index contributed by atoms with van der Waals surface area (Å²) < 4.78 is 10.4. The van der Waals surface area contributed by atoms with Crippen LogP contribution >= 0.6 is 0 Å². The van der Waals surface area contributed by atoms with Gasteiger partial charge in [-0.2, -0.15) is 0 Å². The van der Waals surface area contributed by atoms with E-state index in [2.05, 4.69) is 10.3 Å². The quantitative estimate of drug-likeness (QED) is 0.941. The summed E-state index contributed by atoms with van der Waals surface area (Å²) in [6.07, 6.45) is 0. The molecular formula is C17H20N2O3. The van der Waals surface area contributed by atoms with Gasteiger partial charge in [0.2, 0.25) is 0 Å². The number of methoxy groups -OCH3 is 2. The highest BCUT2D eigenvalue weighted by Gasteiger charge is 2.16. The maximum Gasteiger partial charge on any atom is 0.259 e. The number of nitrogens with one attached hydrogen (secondary N) is 1. The van der Waals surface area contributed by atoms with E-state index in [-0.39, 0.29) is 5.91 Å². The van der Waals surface area contributed by atoms with E-state index in [9.17, 15) is 4.79 Å². The summed E-state index contributed by atoms with van der Waals surface area (Å²) in [5, 5.41) is 2.91. The van der Waals surface area contributed by atoms with Gasteiger partial charge in [-0.05, 0) is 50.6 Å². The second-order valence-electron chi connectivity index (χ2n) is 5.06. The van der Waals surface area contributed by atoms with Crippen LogP contribution in [0.5, 0.6) is 11.5 Å². The van der Waals surface area contributed by atoms with E-state index < -0.39 is 0 Å². The summed E-state index contributed by atoms with van der Waals surface area (Å²) in [6, 6.07) is 7.05. The lowest BCUT2D eigenvalue weighted by Gasteiger charge is -2.14. The molecule has 1 heterocycles. The standard InChI is InChI=1S/C17H20N2O3/c1-10-8-11(2)18-12(3)16(10)19-17(20)14-9-13(21-4)6-7-15(14)22-5/h6-9H,1-5H3,(H,19,20). The fourth-order valence-electron chi connectivity index (χ4n) is 2.38. The number of hydrogen-bond donors (Lipinski definition) is 1. The number of carbonyl (C=O) groups is 1. The summed E-state index contributed by atoms with van der Waals surface area (Å²) in [7, 11) is 3.09. The molecule has 0 aliphatic heterocycles. The minimum Gasteiger partial charge on any atom is -0.497 e. The Kier molecular flexibility index (Phi) is 4.65. The zero-order chi connectivity index (χ0) is 16.3. The third kappa shape index (κ3) is 3.19. The van der Waals surface area contributed by atoms with Gasteiger partial charge in [0.25, 0.3) is 5.91 Å². The molecule has 116 valence electrons. The first kappa shape index (κ1) is 15.8. The second kappa shape index (κ2) is 6.47. The molecule has 0 saturated heterocycles. The minimum absolute atomic E-state index is 0.257. The molecule has 0 unspecified atom stereocenters. The van der Waals surface area contributed by atoms with Crippen LogP contribution in [0.2, 0.25) is 0 Å². The highest BCUT2D eigenvalue weighted by molar-refractivity contribution is 6.07. The number of benzene rings is 1. The Labute approximate surface area is 130 Å². The van der Waals surface area contributed by atoms with Crippen molar-refractivity contribution in [3.63, 3.8) is 0 Å². The fourth-order valence-corrected chi connectivity index (χ4v) is 2.38. The highest BCUT2D eigenvalue weighted by atomic mass is 16.5. The Morgan fingerprint density at radius 1 is 1.09 bits per heavy atom. The fraction of sp³-hybridized carbons (Fsp3) is 0.294. The monoisotopic (exact) mass is 300 g/mol. The zero-order valence-corrected chi connectivity index (χ0v) is 13.5. The average molecular weight is 300 g/mol. The normalized spacial score (nSPS) is 10.2. The first-order valence-corrected chi connectivity index (χ1v) is 6.94. The number of pyridine rings is 1. The van der Waals surface area contributed by atoms with Gasteiger partial charge >= 0.3 is 0 Å². The molecule has 0 atom stereocenters. The largest absolute Gasteiger partial charge is 0.497 e. The molecule has 5 nitrogen and oxygen atoms in total. The number of carbonyl (C=O) groups excluding carboxylic acids is 1. The average Bonchev–Trinajstić information content (AvgIpc) is 2.49. The van der Waals surface area contributed by atoms with E-state index >= 15 is 0 Å². The van der Waals surface area contributed by atoms with E-state index in [4.69, 9.17) is 9.47 Å². The van der Waals surface area contributed by atoms with Crippen LogP contribution in [0.15, 0.2) is 24.3 Å². The molecule has 1 aromatic heterocycles. The molecule has 2 rings (SSSR count). The highest BCUT2D eigenvalue weighted by Crippen LogP contribution is 2.26. The van der Waals surface area contributed by atoms with Crippen molar-refractivity contribution in [2.75, 3.05) is 19.5 Å². The Morgan fingerprint density at radius 2 is 1.82 bits per heavy atom. The van der Waals surface area contributed by atoms with Crippen LogP contribution in [-0.4, -0.2) is 25.1 Å². The molecule has 0 aliphatic rings. The van der Waals surface area contributed by atoms with Gasteiger partial charge in [0.1, 0.15) is 11.5 Å². The predicted molar refractivity (Wildman–Crippen MR) is 85.9 cm³/mol. The van der Waals surface area contributed by atoms with Crippen LogP contribution in [0.25, 0.3) is 0 Å². The molecule has 5 heteroatoms. The molecular weight excluding hydrogens is 280 g/mol. The number of nitrogens with zero attached hydrogens (tertiary/aromatic N) is 1. The molecule has 0 saturated carbocycles. The molecule has 22 heavy (non-hydrogen) atoms. The van der Waals surface area contributed by atoms with E-state index in [1.165, 1.54) is 7.11 Å². The van der Waals surface area contributed by atoms with Crippen molar-refractivity contribution in [1.29, 1.82) is 0 Å². The smallest absolute Gasteiger partial charge is 0.259 e. The van der Waals surface area contributed by atoms with Gasteiger partial charge in [-0.15, -0.1) is 0 Å². The Bertz CT molecular complexity index is 688. The number of rotatable bonds is 4. The first-order valence-electron chi connectivity index (χ1n) is 6.94. The molecule has 1 aromatic carbocycles. The van der Waals surface area contributed by atoms with E-state index in [1.807, 2.05) is 26.8 Å². The van der Waals surface area contributed by atoms with Crippen molar-refractivity contribution in [3.8, 4) is 11.5 Å². The van der Waals surface area contributed by atoms with Crippen LogP contribution in [0.3, 0.4) is 0 Å². The van der Waals surface area contributed by atoms with Crippen molar-refractivity contribution in [1.82, 2.24) is 4.98 Å². The van der Waals surface area contributed by atoms with Crippen molar-refractivity contribution in [2.24, 2.45) is 0 Å². The molecule has 1 N–H and O–H groups in total. The van der Waals surface area contributed by atoms with Gasteiger partial charge in [0, 0.05) is 5.69 Å². The Balaban J connectivity index is 2.37. The van der Waals surface area contributed by atoms with E-state index in [0.717, 1.165) is 22.6 Å². The third-order valence-electron chi connectivity index (χ3n) is 3.42. The van der Waals surface area contributed by atoms with Crippen LogP contribution in [0.4, 0.5) is 5.69 Å². The number of aromatic nitrogens is 1. The van der Waals surface area contributed by atoms with Crippen molar-refractivity contribution >= 4 is 11.6 Å². The summed E-state index contributed by atoms with van der Waals surface area (Å²) in [4.78, 5) is 17.0. The number of aryl methyl sites for hydroxylation is 3. The lowest BCUT2D eigenvalue weighted by atomic mass is 10.1. The van der Waals surface area contributed by atoms with Crippen molar-refractivity contribution in [2.45, 2.75) is 20.8 Å². The Morgan fingerprint density at radius 3 is 2.41 bits per heavy atom. The molecule has 0 radical (unpaired) electrons. The van der Waals surface area contributed by atoms with Gasteiger partial charge in [-0.1, -0.05) is 0 Å². The number of hydrogen-bond acceptors (Lipinski definition) is 4. The molecule has 0 bridgehead atoms. The molecule has 0 aliphatic carbocycles. The maximum atomic E-state index is 12.6. The van der Waals surface area contributed by atoms with Gasteiger partial charge < -0.3 is 14.8 Å². The molecule has 0 spiro atoms. The van der Waals surface area contributed by atoms with Crippen LogP contribution in [0.1, 0.15) is 27.3 Å². The van der Waals surface area contributed by atoms with Gasteiger partial charge in [-0.25, -0.2) is 0 Å². The summed E-state index contributed by atoms with van der Waals surface area (Å²) in [5.41, 5.74) is 3.82. The van der Waals surface area contributed by atoms with Crippen molar-refractivity contribution < 1.29 is 14.3 Å². The van der Waals surface area contributed by atoms with Gasteiger partial charge in [0.15, 0.2) is 0 Å². The molecule has 1 amide bonds. The van der Waals surface area contributed by atoms with Crippen LogP contribution < -0.4 is 14.8 Å². The van der Waals surface area contributed by atoms with Crippen LogP contribution in [0, 0.1) is 20.8 Å². The SMILES string of the molecule is COc1ccc(OC)c(C(=O)Nc2c(C)cc(C)nc2C)c1. The van der Waals surface area contributed by atoms with Gasteiger partial charge in [0.05, 0.1) is 31.2 Å². The lowest BCUT2D eigenvalue weighted by Crippen LogP contribution is -2.15. The Hall–Kier alpha value is -2.56. The molecule has 2 aromatic rings. The minimum atomic E-state index is -0.257. The zero-order valence-electron chi connectivity index (χ0n) is 13.5. The van der Waals surface area contributed by atoms with E-state index in [0.29, 0.717) is 17.1 Å². The summed E-state index contributed by atoms with van der Waals surface area (Å²) >= 11 is 0. The summed E-state index contributed by atoms with van der Waals surface area (Å²) in [5.74, 6) is 0.836. The van der Waals surface area contributed by atoms with Crippen molar-refractivity contribution in [3.05, 3.63) is 46.8 Å².